The van der Waals surface area contributed by atoms with Crippen molar-refractivity contribution in [1.82, 2.24) is 14.8 Å². The van der Waals surface area contributed by atoms with Gasteiger partial charge in [0.2, 0.25) is 5.91 Å². The molecule has 3 aliphatic rings. The molecule has 1 aromatic carbocycles. The van der Waals surface area contributed by atoms with Gasteiger partial charge in [-0.05, 0) is 85.3 Å². The predicted molar refractivity (Wildman–Crippen MR) is 144 cm³/mol. The molecule has 0 saturated carbocycles. The molecule has 3 amide bonds. The highest BCUT2D eigenvalue weighted by Gasteiger charge is 2.36. The molecular weight excluding hydrogens is 563 g/mol. The number of rotatable bonds is 3. The molecule has 3 heterocycles. The number of amides is 3. The van der Waals surface area contributed by atoms with Crippen LogP contribution < -0.4 is 5.73 Å². The summed E-state index contributed by atoms with van der Waals surface area (Å²) < 4.78 is 1.03. The zero-order valence-corrected chi connectivity index (χ0v) is 23.4. The molecule has 1 unspecified atom stereocenters. The van der Waals surface area contributed by atoms with Gasteiger partial charge in [-0.15, -0.1) is 0 Å². The van der Waals surface area contributed by atoms with Gasteiger partial charge in [-0.3, -0.25) is 20.4 Å². The van der Waals surface area contributed by atoms with Gasteiger partial charge in [0, 0.05) is 54.2 Å². The Kier molecular flexibility index (Phi) is 7.92. The van der Waals surface area contributed by atoms with Crippen LogP contribution in [-0.4, -0.2) is 52.9 Å². The molecule has 1 aromatic heterocycles. The van der Waals surface area contributed by atoms with Crippen molar-refractivity contribution >= 4 is 51.1 Å². The number of likely N-dealkylation sites (tertiary alicyclic amines) is 2. The molecule has 6 nitrogen and oxygen atoms in total. The van der Waals surface area contributed by atoms with Crippen molar-refractivity contribution < 1.29 is 15.3 Å². The van der Waals surface area contributed by atoms with Crippen molar-refractivity contribution in [2.24, 2.45) is 11.8 Å². The molecule has 5 rings (SSSR count). The van der Waals surface area contributed by atoms with E-state index in [1.54, 1.807) is 11.1 Å². The van der Waals surface area contributed by atoms with E-state index in [-0.39, 0.29) is 17.9 Å². The zero-order valence-electron chi connectivity index (χ0n) is 20.3. The second kappa shape index (κ2) is 11.0. The van der Waals surface area contributed by atoms with Crippen LogP contribution in [0.15, 0.2) is 28.9 Å². The summed E-state index contributed by atoms with van der Waals surface area (Å²) in [6, 6.07) is 6.02. The number of hydrogen-bond donors (Lipinski definition) is 1. The predicted octanol–water partition coefficient (Wildman–Crippen LogP) is 5.08. The van der Waals surface area contributed by atoms with Crippen LogP contribution in [0.4, 0.5) is 4.79 Å². The molecule has 1 aliphatic carbocycles. The standard InChI is InChI=1S/C27H31BrCl2N4O2/c28-22-14-20(29)12-18-1-2-19-13-21(30)15-32-26(19)25(24(18)22)17-5-9-33(10-6-17)23(35)11-16-3-7-34(8-4-16)27(31)36/h12-17,25H,1-11H2,(H2,31,36)/p+1. The molecule has 0 radical (unpaired) electrons. The minimum atomic E-state index is -0.117. The van der Waals surface area contributed by atoms with Gasteiger partial charge in [-0.2, -0.15) is 0 Å². The van der Waals surface area contributed by atoms with Gasteiger partial charge in [-0.1, -0.05) is 39.1 Å². The van der Waals surface area contributed by atoms with E-state index in [1.807, 2.05) is 11.0 Å². The zero-order chi connectivity index (χ0) is 25.4. The van der Waals surface area contributed by atoms with Crippen LogP contribution in [0.3, 0.4) is 0 Å². The minimum absolute atomic E-state index is 0.117. The second-order valence-corrected chi connectivity index (χ2v) is 12.1. The summed E-state index contributed by atoms with van der Waals surface area (Å²) in [4.78, 5) is 33.3. The number of quaternary nitrogens is 1. The van der Waals surface area contributed by atoms with Crippen LogP contribution in [0.5, 0.6) is 0 Å². The van der Waals surface area contributed by atoms with Crippen LogP contribution in [-0.2, 0) is 17.6 Å². The Balaban J connectivity index is 1.31. The Morgan fingerprint density at radius 1 is 0.944 bits per heavy atom. The number of carbonyl (C=O) groups excluding carboxylic acids is 2. The summed E-state index contributed by atoms with van der Waals surface area (Å²) in [7, 11) is 0. The fraction of sp³-hybridized carbons (Fsp3) is 0.519. The lowest BCUT2D eigenvalue weighted by Gasteiger charge is -2.38. The first-order valence-electron chi connectivity index (χ1n) is 12.8. The number of nitrogens with zero attached hydrogens (tertiary/aromatic N) is 3. The normalized spacial score (nSPS) is 21.1. The van der Waals surface area contributed by atoms with Crippen molar-refractivity contribution in [1.29, 1.82) is 0 Å². The van der Waals surface area contributed by atoms with Crippen LogP contribution in [0.25, 0.3) is 0 Å². The Morgan fingerprint density at radius 2 is 1.58 bits per heavy atom. The van der Waals surface area contributed by atoms with E-state index in [9.17, 15) is 9.59 Å². The Bertz CT molecular complexity index is 1160. The van der Waals surface area contributed by atoms with Crippen LogP contribution in [0, 0.1) is 11.8 Å². The number of hydrogen-bond acceptors (Lipinski definition) is 3. The Hall–Kier alpha value is -1.67. The summed E-state index contributed by atoms with van der Waals surface area (Å²) >= 11 is 16.6. The lowest BCUT2D eigenvalue weighted by Crippen LogP contribution is -2.65. The number of aromatic nitrogens is 1. The lowest BCUT2D eigenvalue weighted by molar-refractivity contribution is -0.266. The molecule has 3 N–H and O–H groups in total. The third-order valence-corrected chi connectivity index (χ3v) is 9.29. The van der Waals surface area contributed by atoms with E-state index in [0.29, 0.717) is 36.4 Å². The van der Waals surface area contributed by atoms with Crippen molar-refractivity contribution in [2.75, 3.05) is 26.2 Å². The van der Waals surface area contributed by atoms with E-state index in [2.05, 4.69) is 33.8 Å². The van der Waals surface area contributed by atoms with E-state index in [0.717, 1.165) is 66.8 Å². The minimum Gasteiger partial charge on any atom is -0.343 e. The fourth-order valence-corrected chi connectivity index (χ4v) is 7.58. The number of urea groups is 1. The van der Waals surface area contributed by atoms with Gasteiger partial charge in [-0.25, -0.2) is 4.79 Å². The summed E-state index contributed by atoms with van der Waals surface area (Å²) in [5.74, 6) is 1.11. The first-order valence-corrected chi connectivity index (χ1v) is 14.4. The maximum atomic E-state index is 13.1. The lowest BCUT2D eigenvalue weighted by atomic mass is 9.76. The summed E-state index contributed by atoms with van der Waals surface area (Å²) in [6.07, 6.45) is 7.74. The van der Waals surface area contributed by atoms with Gasteiger partial charge < -0.3 is 4.90 Å². The number of pyridine rings is 1. The monoisotopic (exact) mass is 593 g/mol. The molecule has 1 atom stereocenters. The first kappa shape index (κ1) is 26.0. The fourth-order valence-electron chi connectivity index (χ4n) is 6.27. The number of fused-ring (bicyclic) bond motifs is 2. The first-order chi connectivity index (χ1) is 17.3. The second-order valence-electron chi connectivity index (χ2n) is 10.4. The molecule has 2 saturated heterocycles. The Morgan fingerprint density at radius 3 is 2.28 bits per heavy atom. The average molecular weight is 595 g/mol. The van der Waals surface area contributed by atoms with Crippen molar-refractivity contribution in [3.05, 3.63) is 61.3 Å². The number of halogens is 3. The van der Waals surface area contributed by atoms with Gasteiger partial charge in [0.05, 0.1) is 10.7 Å². The van der Waals surface area contributed by atoms with Crippen LogP contribution in [0.1, 0.15) is 60.4 Å². The topological polar surface area (TPSA) is 81.2 Å². The third kappa shape index (κ3) is 5.45. The van der Waals surface area contributed by atoms with Gasteiger partial charge in [0.15, 0.2) is 0 Å². The maximum Gasteiger partial charge on any atom is 0.414 e. The third-order valence-electron chi connectivity index (χ3n) is 8.21. The number of aryl methyl sites for hydroxylation is 2. The molecule has 2 aliphatic heterocycles. The summed E-state index contributed by atoms with van der Waals surface area (Å²) in [5, 5.41) is 1.41. The molecule has 2 fully saturated rings. The number of benzene rings is 1. The molecule has 192 valence electrons. The molecule has 36 heavy (non-hydrogen) atoms. The quantitative estimate of drug-likeness (QED) is 0.538. The Labute approximate surface area is 230 Å². The highest BCUT2D eigenvalue weighted by atomic mass is 79.9. The van der Waals surface area contributed by atoms with Crippen molar-refractivity contribution in [2.45, 2.75) is 50.9 Å². The van der Waals surface area contributed by atoms with Crippen molar-refractivity contribution in [3.63, 3.8) is 0 Å². The summed E-state index contributed by atoms with van der Waals surface area (Å²) in [6.45, 7) is 2.94. The number of carbonyl (C=O) groups is 2. The SMILES string of the molecule is [NH3+]C(=O)N1CCC(CC(=O)N2CCC(C3c4ncc(Cl)cc4CCc4cc(Cl)cc(Br)c43)CC2)CC1. The van der Waals surface area contributed by atoms with Crippen LogP contribution in [0.2, 0.25) is 10.0 Å². The van der Waals surface area contributed by atoms with E-state index < -0.39 is 0 Å². The molecule has 9 heteroatoms. The average Bonchev–Trinajstić information content (AvgIpc) is 3.01. The smallest absolute Gasteiger partial charge is 0.343 e. The molecule has 0 spiro atoms. The van der Waals surface area contributed by atoms with E-state index in [4.69, 9.17) is 28.2 Å². The molecule has 0 bridgehead atoms. The van der Waals surface area contributed by atoms with Crippen LogP contribution >= 0.6 is 39.1 Å². The van der Waals surface area contributed by atoms with Crippen molar-refractivity contribution in [3.8, 4) is 0 Å². The van der Waals surface area contributed by atoms with Gasteiger partial charge in [0.25, 0.3) is 0 Å². The number of piperidine rings is 2. The van der Waals surface area contributed by atoms with E-state index in [1.165, 1.54) is 16.7 Å². The molecular formula is C27H32BrCl2N4O2+. The summed E-state index contributed by atoms with van der Waals surface area (Å²) in [5.41, 5.74) is 8.37. The molecule has 2 aromatic rings. The largest absolute Gasteiger partial charge is 0.414 e. The maximum absolute atomic E-state index is 13.1. The van der Waals surface area contributed by atoms with Gasteiger partial charge in [0.1, 0.15) is 0 Å². The highest BCUT2D eigenvalue weighted by molar-refractivity contribution is 9.10. The van der Waals surface area contributed by atoms with E-state index >= 15 is 0 Å². The highest BCUT2D eigenvalue weighted by Crippen LogP contribution is 2.46. The van der Waals surface area contributed by atoms with Gasteiger partial charge >= 0.3 is 6.03 Å².